The summed E-state index contributed by atoms with van der Waals surface area (Å²) >= 11 is 5.90. The molecule has 12 heavy (non-hydrogen) atoms. The van der Waals surface area contributed by atoms with Crippen LogP contribution in [-0.4, -0.2) is 5.88 Å². The Hall–Kier alpha value is 0.0300. The SMILES string of the molecule is C=CC(C)(CCl)CC(CC)CC. The first-order chi connectivity index (χ1) is 5.61. The van der Waals surface area contributed by atoms with Gasteiger partial charge in [0, 0.05) is 5.88 Å². The first-order valence-corrected chi connectivity index (χ1v) is 5.34. The van der Waals surface area contributed by atoms with Crippen LogP contribution in [0.25, 0.3) is 0 Å². The number of alkyl halides is 1. The maximum absolute atomic E-state index is 5.90. The lowest BCUT2D eigenvalue weighted by molar-refractivity contribution is 0.321. The van der Waals surface area contributed by atoms with Gasteiger partial charge in [-0.25, -0.2) is 0 Å². The van der Waals surface area contributed by atoms with Crippen LogP contribution in [0.3, 0.4) is 0 Å². The van der Waals surface area contributed by atoms with Crippen molar-refractivity contribution in [3.63, 3.8) is 0 Å². The van der Waals surface area contributed by atoms with Crippen molar-refractivity contribution in [2.45, 2.75) is 40.0 Å². The van der Waals surface area contributed by atoms with E-state index in [2.05, 4.69) is 27.4 Å². The number of rotatable bonds is 6. The van der Waals surface area contributed by atoms with Crippen LogP contribution in [0.5, 0.6) is 0 Å². The summed E-state index contributed by atoms with van der Waals surface area (Å²) in [6.07, 6.45) is 5.67. The molecule has 0 aromatic heterocycles. The van der Waals surface area contributed by atoms with Crippen molar-refractivity contribution in [2.75, 3.05) is 5.88 Å². The summed E-state index contributed by atoms with van der Waals surface area (Å²) in [5, 5.41) is 0. The van der Waals surface area contributed by atoms with Gasteiger partial charge in [0.2, 0.25) is 0 Å². The van der Waals surface area contributed by atoms with Gasteiger partial charge in [-0.1, -0.05) is 39.7 Å². The van der Waals surface area contributed by atoms with Crippen molar-refractivity contribution in [3.8, 4) is 0 Å². The molecule has 0 aliphatic carbocycles. The van der Waals surface area contributed by atoms with Crippen LogP contribution in [0, 0.1) is 11.3 Å². The lowest BCUT2D eigenvalue weighted by atomic mass is 9.81. The lowest BCUT2D eigenvalue weighted by Crippen LogP contribution is -2.19. The Kier molecular flexibility index (Phi) is 5.65. The highest BCUT2D eigenvalue weighted by atomic mass is 35.5. The van der Waals surface area contributed by atoms with E-state index in [1.807, 2.05) is 6.08 Å². The second-order valence-corrected chi connectivity index (χ2v) is 4.15. The van der Waals surface area contributed by atoms with Crippen molar-refractivity contribution in [2.24, 2.45) is 11.3 Å². The molecule has 0 aromatic carbocycles. The molecular weight excluding hydrogens is 168 g/mol. The Morgan fingerprint density at radius 1 is 1.42 bits per heavy atom. The molecule has 1 heteroatoms. The fourth-order valence-electron chi connectivity index (χ4n) is 1.43. The molecule has 0 heterocycles. The Morgan fingerprint density at radius 3 is 2.17 bits per heavy atom. The van der Waals surface area contributed by atoms with Gasteiger partial charge >= 0.3 is 0 Å². The number of hydrogen-bond acceptors (Lipinski definition) is 0. The van der Waals surface area contributed by atoms with Crippen LogP contribution in [0.1, 0.15) is 40.0 Å². The first-order valence-electron chi connectivity index (χ1n) is 4.81. The predicted molar refractivity (Wildman–Crippen MR) is 57.7 cm³/mol. The highest BCUT2D eigenvalue weighted by Gasteiger charge is 2.22. The van der Waals surface area contributed by atoms with Crippen molar-refractivity contribution in [3.05, 3.63) is 12.7 Å². The molecule has 0 rings (SSSR count). The zero-order valence-corrected chi connectivity index (χ0v) is 9.32. The molecule has 0 spiro atoms. The highest BCUT2D eigenvalue weighted by molar-refractivity contribution is 6.18. The Bertz CT molecular complexity index is 127. The van der Waals surface area contributed by atoms with E-state index in [1.165, 1.54) is 19.3 Å². The van der Waals surface area contributed by atoms with Crippen LogP contribution in [0.15, 0.2) is 12.7 Å². The first kappa shape index (κ1) is 12.0. The summed E-state index contributed by atoms with van der Waals surface area (Å²) in [6.45, 7) is 10.5. The Balaban J connectivity index is 4.08. The largest absolute Gasteiger partial charge is 0.126 e. The summed E-state index contributed by atoms with van der Waals surface area (Å²) < 4.78 is 0. The van der Waals surface area contributed by atoms with E-state index in [-0.39, 0.29) is 5.41 Å². The van der Waals surface area contributed by atoms with Crippen molar-refractivity contribution < 1.29 is 0 Å². The van der Waals surface area contributed by atoms with Crippen molar-refractivity contribution in [1.82, 2.24) is 0 Å². The van der Waals surface area contributed by atoms with Crippen LogP contribution in [0.4, 0.5) is 0 Å². The van der Waals surface area contributed by atoms with E-state index in [9.17, 15) is 0 Å². The lowest BCUT2D eigenvalue weighted by Gasteiger charge is -2.27. The fourth-order valence-corrected chi connectivity index (χ4v) is 1.65. The molecule has 72 valence electrons. The molecule has 0 nitrogen and oxygen atoms in total. The van der Waals surface area contributed by atoms with Crippen LogP contribution < -0.4 is 0 Å². The minimum Gasteiger partial charge on any atom is -0.126 e. The van der Waals surface area contributed by atoms with E-state index >= 15 is 0 Å². The van der Waals surface area contributed by atoms with Gasteiger partial charge < -0.3 is 0 Å². The molecule has 0 aliphatic rings. The molecule has 0 N–H and O–H groups in total. The predicted octanol–water partition coefficient (Wildman–Crippen LogP) is 4.24. The van der Waals surface area contributed by atoms with Gasteiger partial charge in [-0.2, -0.15) is 0 Å². The third kappa shape index (κ3) is 3.62. The van der Waals surface area contributed by atoms with Crippen LogP contribution >= 0.6 is 11.6 Å². The average molecular weight is 189 g/mol. The molecule has 1 atom stereocenters. The minimum absolute atomic E-state index is 0.137. The summed E-state index contributed by atoms with van der Waals surface area (Å²) in [5.41, 5.74) is 0.137. The highest BCUT2D eigenvalue weighted by Crippen LogP contribution is 2.31. The summed E-state index contributed by atoms with van der Waals surface area (Å²) in [6, 6.07) is 0. The number of allylic oxidation sites excluding steroid dienone is 1. The maximum Gasteiger partial charge on any atom is 0.0311 e. The molecule has 0 saturated carbocycles. The van der Waals surface area contributed by atoms with Gasteiger partial charge in [-0.15, -0.1) is 18.2 Å². The monoisotopic (exact) mass is 188 g/mol. The molecule has 0 bridgehead atoms. The molecular formula is C11H21Cl. The second-order valence-electron chi connectivity index (χ2n) is 3.88. The molecule has 0 aromatic rings. The van der Waals surface area contributed by atoms with E-state index in [1.54, 1.807) is 0 Å². The fraction of sp³-hybridized carbons (Fsp3) is 0.818. The maximum atomic E-state index is 5.90. The smallest absolute Gasteiger partial charge is 0.0311 e. The van der Waals surface area contributed by atoms with Crippen molar-refractivity contribution >= 4 is 11.6 Å². The van der Waals surface area contributed by atoms with E-state index in [0.29, 0.717) is 5.88 Å². The van der Waals surface area contributed by atoms with Gasteiger partial charge in [-0.05, 0) is 17.8 Å². The molecule has 0 saturated heterocycles. The zero-order chi connectivity index (χ0) is 9.61. The third-order valence-corrected chi connectivity index (χ3v) is 3.32. The average Bonchev–Trinajstić information content (AvgIpc) is 2.14. The molecule has 0 amide bonds. The molecule has 1 unspecified atom stereocenters. The topological polar surface area (TPSA) is 0 Å². The second kappa shape index (κ2) is 5.64. The molecule has 0 aliphatic heterocycles. The Morgan fingerprint density at radius 2 is 1.92 bits per heavy atom. The van der Waals surface area contributed by atoms with E-state index in [4.69, 9.17) is 11.6 Å². The summed E-state index contributed by atoms with van der Waals surface area (Å²) in [5.74, 6) is 1.49. The third-order valence-electron chi connectivity index (χ3n) is 2.71. The minimum atomic E-state index is 0.137. The van der Waals surface area contributed by atoms with Gasteiger partial charge in [0.15, 0.2) is 0 Å². The standard InChI is InChI=1S/C11H21Cl/c1-5-10(6-2)8-11(4,7-3)9-12/h7,10H,3,5-6,8-9H2,1-2,4H3. The van der Waals surface area contributed by atoms with Crippen molar-refractivity contribution in [1.29, 1.82) is 0 Å². The van der Waals surface area contributed by atoms with Crippen LogP contribution in [-0.2, 0) is 0 Å². The van der Waals surface area contributed by atoms with Gasteiger partial charge in [0.1, 0.15) is 0 Å². The van der Waals surface area contributed by atoms with E-state index < -0.39 is 0 Å². The number of hydrogen-bond donors (Lipinski definition) is 0. The summed E-state index contributed by atoms with van der Waals surface area (Å²) in [7, 11) is 0. The molecule has 0 radical (unpaired) electrons. The van der Waals surface area contributed by atoms with Crippen LogP contribution in [0.2, 0.25) is 0 Å². The summed E-state index contributed by atoms with van der Waals surface area (Å²) in [4.78, 5) is 0. The number of halogens is 1. The van der Waals surface area contributed by atoms with Gasteiger partial charge in [-0.3, -0.25) is 0 Å². The Labute approximate surface area is 82.0 Å². The van der Waals surface area contributed by atoms with Gasteiger partial charge in [0.25, 0.3) is 0 Å². The van der Waals surface area contributed by atoms with Gasteiger partial charge in [0.05, 0.1) is 0 Å². The normalized spacial score (nSPS) is 16.1. The molecule has 0 fully saturated rings. The zero-order valence-electron chi connectivity index (χ0n) is 8.57. The van der Waals surface area contributed by atoms with E-state index in [0.717, 1.165) is 5.92 Å². The quantitative estimate of drug-likeness (QED) is 0.432.